The van der Waals surface area contributed by atoms with Crippen LogP contribution in [-0.4, -0.2) is 14.4 Å². The third-order valence-electron chi connectivity index (χ3n) is 1.09. The highest BCUT2D eigenvalue weighted by atomic mass is 35.5. The van der Waals surface area contributed by atoms with Gasteiger partial charge < -0.3 is 4.98 Å². The van der Waals surface area contributed by atoms with Crippen LogP contribution in [0.15, 0.2) is 22.2 Å². The van der Waals surface area contributed by atoms with E-state index in [4.69, 9.17) is 23.2 Å². The molecule has 9 heteroatoms. The average molecular weight is 300 g/mol. The van der Waals surface area contributed by atoms with Gasteiger partial charge in [-0.15, -0.1) is 0 Å². The first kappa shape index (κ1) is 13.3. The second kappa shape index (κ2) is 4.65. The molecule has 0 radical (unpaired) electrons. The van der Waals surface area contributed by atoms with E-state index in [1.807, 2.05) is 0 Å². The number of nitrogens with one attached hydrogen (secondary N) is 1. The molecule has 0 fully saturated rings. The lowest BCUT2D eigenvalue weighted by atomic mass is 10.7. The summed E-state index contributed by atoms with van der Waals surface area (Å²) in [6.45, 7) is 0. The lowest BCUT2D eigenvalue weighted by Gasteiger charge is -2.05. The molecule has 1 nitrogen and oxygen atoms in total. The Morgan fingerprint density at radius 2 is 1.73 bits per heavy atom. The van der Waals surface area contributed by atoms with Gasteiger partial charge >= 0.3 is 9.43 Å². The Morgan fingerprint density at radius 1 is 1.13 bits per heavy atom. The van der Waals surface area contributed by atoms with E-state index < -0.39 is 9.43 Å². The molecule has 0 bridgehead atoms. The van der Waals surface area contributed by atoms with Gasteiger partial charge in [0.1, 0.15) is 0 Å². The Hall–Kier alpha value is 0.280. The van der Waals surface area contributed by atoms with Gasteiger partial charge in [-0.05, 0) is 29.6 Å². The molecule has 0 spiro atoms. The lowest BCUT2D eigenvalue weighted by molar-refractivity contribution is -0.0328. The molecule has 0 amide bonds. The monoisotopic (exact) mass is 299 g/mol. The Bertz CT molecular complexity index is 302. The molecule has 0 aromatic carbocycles. The Kier molecular flexibility index (Phi) is 4.13. The molecule has 0 unspecified atom stereocenters. The van der Waals surface area contributed by atoms with Crippen molar-refractivity contribution in [1.29, 1.82) is 0 Å². The van der Waals surface area contributed by atoms with E-state index >= 15 is 0 Å². The Labute approximate surface area is 101 Å². The molecule has 0 saturated heterocycles. The molecule has 1 N–H and O–H groups in total. The number of alkyl halides is 6. The zero-order chi connectivity index (χ0) is 11.7. The summed E-state index contributed by atoms with van der Waals surface area (Å²) in [5.74, 6) is 0. The fourth-order valence-electron chi connectivity index (χ4n) is 0.731. The van der Waals surface area contributed by atoms with Gasteiger partial charge in [0, 0.05) is 11.1 Å². The van der Waals surface area contributed by atoms with Crippen LogP contribution < -0.4 is 0 Å². The van der Waals surface area contributed by atoms with Crippen molar-refractivity contribution in [3.8, 4) is 0 Å². The Morgan fingerprint density at radius 3 is 2.20 bits per heavy atom. The molecule has 1 rings (SSSR count). The largest absolute Gasteiger partial charge is 0.446 e. The van der Waals surface area contributed by atoms with E-state index in [0.29, 0.717) is 11.8 Å². The van der Waals surface area contributed by atoms with Crippen molar-refractivity contribution in [3.63, 3.8) is 0 Å². The second-order valence-corrected chi connectivity index (χ2v) is 6.32. The minimum atomic E-state index is -4.38. The summed E-state index contributed by atoms with van der Waals surface area (Å²) in [7, 11) is 0. The first-order chi connectivity index (χ1) is 6.66. The molecule has 0 saturated carbocycles. The van der Waals surface area contributed by atoms with E-state index in [0.717, 1.165) is 12.3 Å². The summed E-state index contributed by atoms with van der Waals surface area (Å²) in [5.41, 5.74) is -4.38. The van der Waals surface area contributed by atoms with Crippen LogP contribution in [-0.2, 0) is 0 Å². The zero-order valence-corrected chi connectivity index (χ0v) is 9.88. The molecule has 1 aromatic rings. The number of hydrogen-bond acceptors (Lipinski definition) is 2. The molecule has 0 aliphatic carbocycles. The summed E-state index contributed by atoms with van der Waals surface area (Å²) in [5, 5.41) is 0.120. The van der Waals surface area contributed by atoms with Gasteiger partial charge in [-0.25, -0.2) is 0 Å². The number of thioether (sulfide) groups is 2. The number of aromatic nitrogens is 1. The van der Waals surface area contributed by atoms with Crippen LogP contribution in [0.1, 0.15) is 0 Å². The summed E-state index contributed by atoms with van der Waals surface area (Å²) < 4.78 is 45.8. The average Bonchev–Trinajstić information content (AvgIpc) is 2.28. The molecular weight excluding hydrogens is 297 g/mol. The summed E-state index contributed by atoms with van der Waals surface area (Å²) >= 11 is 10.1. The number of H-pyrrole nitrogens is 1. The van der Waals surface area contributed by atoms with Gasteiger partial charge in [-0.1, -0.05) is 23.2 Å². The highest BCUT2D eigenvalue weighted by Gasteiger charge is 2.30. The van der Waals surface area contributed by atoms with E-state index in [1.54, 1.807) is 0 Å². The van der Waals surface area contributed by atoms with Gasteiger partial charge in [-0.2, -0.15) is 17.6 Å². The van der Waals surface area contributed by atoms with Crippen LogP contribution in [0.3, 0.4) is 0 Å². The van der Waals surface area contributed by atoms with Crippen molar-refractivity contribution >= 4 is 46.7 Å². The van der Waals surface area contributed by atoms with Crippen LogP contribution in [0.2, 0.25) is 0 Å². The number of rotatable bonds is 3. The lowest BCUT2D eigenvalue weighted by Crippen LogP contribution is -1.98. The molecule has 0 aliphatic rings. The molecule has 86 valence electrons. The third kappa shape index (κ3) is 5.79. The van der Waals surface area contributed by atoms with Crippen molar-refractivity contribution in [2.75, 3.05) is 0 Å². The smallest absolute Gasteiger partial charge is 0.355 e. The second-order valence-electron chi connectivity index (χ2n) is 2.30. The maximum Gasteiger partial charge on any atom is 0.446 e. The summed E-state index contributed by atoms with van der Waals surface area (Å²) in [6.07, 6.45) is 1.10. The maximum atomic E-state index is 12.7. The van der Waals surface area contributed by atoms with Crippen LogP contribution in [0.25, 0.3) is 0 Å². The van der Waals surface area contributed by atoms with Crippen molar-refractivity contribution in [1.82, 2.24) is 4.98 Å². The first-order valence-corrected chi connectivity index (χ1v) is 5.74. The molecule has 15 heavy (non-hydrogen) atoms. The van der Waals surface area contributed by atoms with Crippen molar-refractivity contribution in [2.45, 2.75) is 19.3 Å². The van der Waals surface area contributed by atoms with E-state index in [9.17, 15) is 17.6 Å². The maximum absolute atomic E-state index is 12.7. The molecule has 0 atom stereocenters. The minimum Gasteiger partial charge on any atom is -0.355 e. The van der Waals surface area contributed by atoms with E-state index in [2.05, 4.69) is 4.98 Å². The van der Waals surface area contributed by atoms with Crippen LogP contribution >= 0.6 is 46.7 Å². The topological polar surface area (TPSA) is 15.8 Å². The summed E-state index contributed by atoms with van der Waals surface area (Å²) in [6, 6.07) is 1.11. The number of hydrogen-bond donors (Lipinski definition) is 1. The molecule has 1 heterocycles. The van der Waals surface area contributed by atoms with Gasteiger partial charge in [-0.3, -0.25) is 0 Å². The summed E-state index contributed by atoms with van der Waals surface area (Å²) in [4.78, 5) is 2.34. The van der Waals surface area contributed by atoms with Gasteiger partial charge in [0.25, 0.3) is 0 Å². The third-order valence-corrected chi connectivity index (χ3v) is 2.94. The van der Waals surface area contributed by atoms with Crippen molar-refractivity contribution < 1.29 is 17.6 Å². The van der Waals surface area contributed by atoms with E-state index in [1.165, 1.54) is 0 Å². The van der Waals surface area contributed by atoms with Crippen LogP contribution in [0, 0.1) is 0 Å². The van der Waals surface area contributed by atoms with Crippen LogP contribution in [0.4, 0.5) is 17.6 Å². The molecule has 0 aliphatic heterocycles. The van der Waals surface area contributed by atoms with Gasteiger partial charge in [0.05, 0.1) is 5.03 Å². The zero-order valence-electron chi connectivity index (χ0n) is 6.74. The SMILES string of the molecule is FC(F)(F)Sc1c[nH]c(SC(F)(Cl)Cl)c1. The van der Waals surface area contributed by atoms with Crippen LogP contribution in [0.5, 0.6) is 0 Å². The molecular formula is C6H3Cl2F4NS2. The fourth-order valence-corrected chi connectivity index (χ4v) is 2.42. The highest BCUT2D eigenvalue weighted by molar-refractivity contribution is 8.03. The quantitative estimate of drug-likeness (QED) is 0.491. The highest BCUT2D eigenvalue weighted by Crippen LogP contribution is 2.43. The normalized spacial score (nSPS) is 13.2. The van der Waals surface area contributed by atoms with Gasteiger partial charge in [0.2, 0.25) is 0 Å². The van der Waals surface area contributed by atoms with Crippen molar-refractivity contribution in [2.24, 2.45) is 0 Å². The Balaban J connectivity index is 2.65. The predicted octanol–water partition coefficient (Wildman–Crippen LogP) is 4.78. The number of aromatic amines is 1. The van der Waals surface area contributed by atoms with Gasteiger partial charge in [0.15, 0.2) is 0 Å². The molecule has 1 aromatic heterocycles. The predicted molar refractivity (Wildman–Crippen MR) is 54.1 cm³/mol. The first-order valence-electron chi connectivity index (χ1n) is 3.36. The minimum absolute atomic E-state index is 0.0809. The fraction of sp³-hybridized carbons (Fsp3) is 0.333. The van der Waals surface area contributed by atoms with E-state index in [-0.39, 0.29) is 21.7 Å². The number of halogens is 6. The standard InChI is InChI=1S/C6H3Cl2F4NS2/c7-5(8,9)15-4-1-3(2-13-4)14-6(10,11)12/h1-2,13H. The van der Waals surface area contributed by atoms with Crippen molar-refractivity contribution in [3.05, 3.63) is 12.3 Å².